The third-order valence-corrected chi connectivity index (χ3v) is 2.33. The van der Waals surface area contributed by atoms with Crippen molar-refractivity contribution in [2.24, 2.45) is 5.73 Å². The zero-order chi connectivity index (χ0) is 9.26. The Morgan fingerprint density at radius 2 is 2.15 bits per heavy atom. The van der Waals surface area contributed by atoms with Crippen molar-refractivity contribution in [2.45, 2.75) is 19.0 Å². The second kappa shape index (κ2) is 3.23. The fraction of sp³-hybridized carbons (Fsp3) is 0.273. The molecule has 1 aromatic carbocycles. The maximum atomic E-state index is 5.81. The summed E-state index contributed by atoms with van der Waals surface area (Å²) in [6.45, 7) is 2.01. The van der Waals surface area contributed by atoms with Gasteiger partial charge in [-0.1, -0.05) is 30.4 Å². The van der Waals surface area contributed by atoms with Crippen molar-refractivity contribution in [3.63, 3.8) is 0 Å². The quantitative estimate of drug-likeness (QED) is 0.681. The molecule has 0 saturated heterocycles. The minimum atomic E-state index is 0.143. The van der Waals surface area contributed by atoms with Crippen molar-refractivity contribution in [2.75, 3.05) is 5.32 Å². The van der Waals surface area contributed by atoms with Gasteiger partial charge < -0.3 is 11.1 Å². The number of nitrogens with one attached hydrogen (secondary N) is 1. The standard InChI is InChI=1S/C11H14N2/c1-8(12)10-7-6-9-4-2-3-5-11(9)13-10/h2-8,10,13H,12H2,1H3. The van der Waals surface area contributed by atoms with E-state index >= 15 is 0 Å². The van der Waals surface area contributed by atoms with Crippen molar-refractivity contribution in [1.82, 2.24) is 0 Å². The lowest BCUT2D eigenvalue weighted by atomic mass is 10.0. The molecule has 2 nitrogen and oxygen atoms in total. The van der Waals surface area contributed by atoms with Crippen LogP contribution in [0.5, 0.6) is 0 Å². The molecule has 0 amide bonds. The minimum absolute atomic E-state index is 0.143. The summed E-state index contributed by atoms with van der Waals surface area (Å²) in [5, 5.41) is 3.38. The summed E-state index contributed by atoms with van der Waals surface area (Å²) in [5.41, 5.74) is 8.22. The summed E-state index contributed by atoms with van der Waals surface area (Å²) in [5.74, 6) is 0. The monoisotopic (exact) mass is 174 g/mol. The first-order chi connectivity index (χ1) is 6.27. The van der Waals surface area contributed by atoms with Crippen molar-refractivity contribution >= 4 is 11.8 Å². The van der Waals surface area contributed by atoms with Crippen LogP contribution in [0.1, 0.15) is 12.5 Å². The molecule has 2 atom stereocenters. The predicted octanol–water partition coefficient (Wildman–Crippen LogP) is 1.84. The number of anilines is 1. The Labute approximate surface area is 78.5 Å². The number of fused-ring (bicyclic) bond motifs is 1. The number of hydrogen-bond donors (Lipinski definition) is 2. The predicted molar refractivity (Wildman–Crippen MR) is 56.5 cm³/mol. The van der Waals surface area contributed by atoms with E-state index in [9.17, 15) is 0 Å². The molecule has 2 heteroatoms. The van der Waals surface area contributed by atoms with Gasteiger partial charge in [0.2, 0.25) is 0 Å². The molecular formula is C11H14N2. The van der Waals surface area contributed by atoms with Crippen LogP contribution >= 0.6 is 0 Å². The van der Waals surface area contributed by atoms with E-state index in [-0.39, 0.29) is 12.1 Å². The number of hydrogen-bond acceptors (Lipinski definition) is 2. The Bertz CT molecular complexity index is 329. The number of nitrogens with two attached hydrogens (primary N) is 1. The van der Waals surface area contributed by atoms with Gasteiger partial charge in [0.1, 0.15) is 0 Å². The molecule has 0 aliphatic carbocycles. The minimum Gasteiger partial charge on any atom is -0.377 e. The van der Waals surface area contributed by atoms with Gasteiger partial charge in [-0.2, -0.15) is 0 Å². The summed E-state index contributed by atoms with van der Waals surface area (Å²) in [6, 6.07) is 8.64. The Kier molecular flexibility index (Phi) is 2.07. The SMILES string of the molecule is CC(N)C1C=Cc2ccccc2N1. The topological polar surface area (TPSA) is 38.0 Å². The van der Waals surface area contributed by atoms with E-state index in [0.717, 1.165) is 0 Å². The molecule has 0 aromatic heterocycles. The smallest absolute Gasteiger partial charge is 0.0596 e. The Balaban J connectivity index is 2.29. The molecule has 0 fully saturated rings. The second-order valence-corrected chi connectivity index (χ2v) is 3.48. The normalized spacial score (nSPS) is 21.8. The van der Waals surface area contributed by atoms with E-state index < -0.39 is 0 Å². The van der Waals surface area contributed by atoms with Gasteiger partial charge in [-0.25, -0.2) is 0 Å². The van der Waals surface area contributed by atoms with Gasteiger partial charge in [-0.15, -0.1) is 0 Å². The lowest BCUT2D eigenvalue weighted by Crippen LogP contribution is -2.37. The van der Waals surface area contributed by atoms with E-state index in [4.69, 9.17) is 5.73 Å². The highest BCUT2D eigenvalue weighted by atomic mass is 15.0. The Morgan fingerprint density at radius 3 is 2.92 bits per heavy atom. The van der Waals surface area contributed by atoms with Gasteiger partial charge in [0.25, 0.3) is 0 Å². The van der Waals surface area contributed by atoms with Crippen LogP contribution in [-0.4, -0.2) is 12.1 Å². The summed E-state index contributed by atoms with van der Waals surface area (Å²) in [4.78, 5) is 0. The summed E-state index contributed by atoms with van der Waals surface area (Å²) in [6.07, 6.45) is 4.24. The van der Waals surface area contributed by atoms with Gasteiger partial charge in [0.15, 0.2) is 0 Å². The molecule has 2 rings (SSSR count). The molecule has 1 aromatic rings. The van der Waals surface area contributed by atoms with Crippen molar-refractivity contribution in [3.05, 3.63) is 35.9 Å². The molecule has 2 unspecified atom stereocenters. The maximum absolute atomic E-state index is 5.81. The van der Waals surface area contributed by atoms with Crippen molar-refractivity contribution < 1.29 is 0 Å². The summed E-state index contributed by atoms with van der Waals surface area (Å²) >= 11 is 0. The van der Waals surface area contributed by atoms with Gasteiger partial charge in [0.05, 0.1) is 6.04 Å². The molecule has 0 spiro atoms. The molecule has 1 heterocycles. The van der Waals surface area contributed by atoms with Crippen LogP contribution in [0, 0.1) is 0 Å². The average Bonchev–Trinajstić information content (AvgIpc) is 2.17. The van der Waals surface area contributed by atoms with E-state index in [1.807, 2.05) is 19.1 Å². The van der Waals surface area contributed by atoms with Crippen LogP contribution in [0.15, 0.2) is 30.3 Å². The molecular weight excluding hydrogens is 160 g/mol. The van der Waals surface area contributed by atoms with Crippen LogP contribution in [0.4, 0.5) is 5.69 Å². The van der Waals surface area contributed by atoms with Crippen molar-refractivity contribution in [3.8, 4) is 0 Å². The number of benzene rings is 1. The van der Waals surface area contributed by atoms with E-state index in [2.05, 4.69) is 29.6 Å². The largest absolute Gasteiger partial charge is 0.377 e. The molecule has 1 aliphatic rings. The van der Waals surface area contributed by atoms with Crippen LogP contribution < -0.4 is 11.1 Å². The van der Waals surface area contributed by atoms with E-state index in [1.165, 1.54) is 11.3 Å². The third kappa shape index (κ3) is 1.58. The second-order valence-electron chi connectivity index (χ2n) is 3.48. The average molecular weight is 174 g/mol. The molecule has 0 bridgehead atoms. The highest BCUT2D eigenvalue weighted by Gasteiger charge is 2.14. The number of rotatable bonds is 1. The fourth-order valence-corrected chi connectivity index (χ4v) is 1.52. The van der Waals surface area contributed by atoms with Crippen LogP contribution in [0.2, 0.25) is 0 Å². The van der Waals surface area contributed by atoms with Gasteiger partial charge >= 0.3 is 0 Å². The fourth-order valence-electron chi connectivity index (χ4n) is 1.52. The highest BCUT2D eigenvalue weighted by Crippen LogP contribution is 2.22. The lowest BCUT2D eigenvalue weighted by molar-refractivity contribution is 0.684. The Hall–Kier alpha value is -1.28. The maximum Gasteiger partial charge on any atom is 0.0596 e. The zero-order valence-electron chi connectivity index (χ0n) is 7.70. The first-order valence-electron chi connectivity index (χ1n) is 4.57. The van der Waals surface area contributed by atoms with Gasteiger partial charge in [-0.3, -0.25) is 0 Å². The molecule has 0 radical (unpaired) electrons. The van der Waals surface area contributed by atoms with Crippen LogP contribution in [0.25, 0.3) is 6.08 Å². The van der Waals surface area contributed by atoms with Gasteiger partial charge in [-0.05, 0) is 18.6 Å². The molecule has 13 heavy (non-hydrogen) atoms. The molecule has 3 N–H and O–H groups in total. The third-order valence-electron chi connectivity index (χ3n) is 2.33. The highest BCUT2D eigenvalue weighted by molar-refractivity contribution is 5.70. The molecule has 1 aliphatic heterocycles. The zero-order valence-corrected chi connectivity index (χ0v) is 7.70. The number of para-hydroxylation sites is 1. The van der Waals surface area contributed by atoms with Crippen LogP contribution in [0.3, 0.4) is 0 Å². The van der Waals surface area contributed by atoms with E-state index in [0.29, 0.717) is 0 Å². The van der Waals surface area contributed by atoms with Crippen molar-refractivity contribution in [1.29, 1.82) is 0 Å². The van der Waals surface area contributed by atoms with E-state index in [1.54, 1.807) is 0 Å². The Morgan fingerprint density at radius 1 is 1.38 bits per heavy atom. The van der Waals surface area contributed by atoms with Crippen LogP contribution in [-0.2, 0) is 0 Å². The first-order valence-corrected chi connectivity index (χ1v) is 4.57. The van der Waals surface area contributed by atoms with Gasteiger partial charge in [0, 0.05) is 11.7 Å². The summed E-state index contributed by atoms with van der Waals surface area (Å²) in [7, 11) is 0. The molecule has 0 saturated carbocycles. The lowest BCUT2D eigenvalue weighted by Gasteiger charge is -2.24. The summed E-state index contributed by atoms with van der Waals surface area (Å²) < 4.78 is 0. The first kappa shape index (κ1) is 8.32. The molecule has 68 valence electrons.